The standard InChI is InChI=1S/C17H26N4O.HI/c1-2-14-6-8-15(9-7-14)20-17(18)19-11-10-16(22)21-12-4-3-5-13-21;/h6-9H,2-5,10-13H2,1H3,(H3,18,19,20);1H. The maximum Gasteiger partial charge on any atom is 0.224 e. The number of nitrogens with one attached hydrogen (secondary N) is 1. The minimum absolute atomic E-state index is 0. The molecular weight excluding hydrogens is 403 g/mol. The van der Waals surface area contributed by atoms with Crippen LogP contribution in [0, 0.1) is 0 Å². The number of anilines is 1. The minimum atomic E-state index is 0. The van der Waals surface area contributed by atoms with Crippen LogP contribution in [0.5, 0.6) is 0 Å². The molecule has 128 valence electrons. The lowest BCUT2D eigenvalue weighted by atomic mass is 10.1. The fourth-order valence-electron chi connectivity index (χ4n) is 2.58. The Morgan fingerprint density at radius 1 is 1.22 bits per heavy atom. The summed E-state index contributed by atoms with van der Waals surface area (Å²) in [6.45, 7) is 4.33. The number of amides is 1. The zero-order valence-corrected chi connectivity index (χ0v) is 16.1. The second-order valence-electron chi connectivity index (χ2n) is 5.63. The minimum Gasteiger partial charge on any atom is -0.370 e. The molecule has 1 aromatic carbocycles. The van der Waals surface area contributed by atoms with Gasteiger partial charge in [0.25, 0.3) is 0 Å². The number of rotatable bonds is 5. The summed E-state index contributed by atoms with van der Waals surface area (Å²) in [5, 5.41) is 3.05. The van der Waals surface area contributed by atoms with Crippen LogP contribution < -0.4 is 11.1 Å². The molecule has 3 N–H and O–H groups in total. The molecule has 0 saturated carbocycles. The highest BCUT2D eigenvalue weighted by Crippen LogP contribution is 2.11. The van der Waals surface area contributed by atoms with Crippen molar-refractivity contribution >= 4 is 41.5 Å². The number of hydrogen-bond donors (Lipinski definition) is 2. The topological polar surface area (TPSA) is 70.7 Å². The number of piperidine rings is 1. The van der Waals surface area contributed by atoms with E-state index in [9.17, 15) is 4.79 Å². The summed E-state index contributed by atoms with van der Waals surface area (Å²) < 4.78 is 0. The molecule has 1 heterocycles. The Labute approximate surface area is 155 Å². The van der Waals surface area contributed by atoms with Gasteiger partial charge >= 0.3 is 0 Å². The van der Waals surface area contributed by atoms with Gasteiger partial charge in [-0.25, -0.2) is 0 Å². The molecule has 1 aliphatic rings. The Morgan fingerprint density at radius 2 is 1.87 bits per heavy atom. The fourth-order valence-corrected chi connectivity index (χ4v) is 2.58. The van der Waals surface area contributed by atoms with E-state index in [4.69, 9.17) is 5.73 Å². The van der Waals surface area contributed by atoms with Crippen molar-refractivity contribution in [2.45, 2.75) is 39.0 Å². The number of carbonyl (C=O) groups is 1. The molecule has 5 nitrogen and oxygen atoms in total. The van der Waals surface area contributed by atoms with E-state index in [1.165, 1.54) is 12.0 Å². The summed E-state index contributed by atoms with van der Waals surface area (Å²) in [5.74, 6) is 0.541. The van der Waals surface area contributed by atoms with Crippen LogP contribution in [0.3, 0.4) is 0 Å². The molecule has 0 bridgehead atoms. The number of hydrogen-bond acceptors (Lipinski definition) is 2. The van der Waals surface area contributed by atoms with Crippen LogP contribution in [-0.4, -0.2) is 36.4 Å². The molecule has 1 saturated heterocycles. The first-order chi connectivity index (χ1) is 10.7. The third-order valence-corrected chi connectivity index (χ3v) is 3.95. The molecule has 1 amide bonds. The van der Waals surface area contributed by atoms with E-state index in [0.717, 1.165) is 38.0 Å². The lowest BCUT2D eigenvalue weighted by Crippen LogP contribution is -2.36. The van der Waals surface area contributed by atoms with E-state index >= 15 is 0 Å². The summed E-state index contributed by atoms with van der Waals surface area (Å²) in [7, 11) is 0. The monoisotopic (exact) mass is 430 g/mol. The van der Waals surface area contributed by atoms with Gasteiger partial charge in [0, 0.05) is 25.2 Å². The largest absolute Gasteiger partial charge is 0.370 e. The lowest BCUT2D eigenvalue weighted by molar-refractivity contribution is -0.131. The Bertz CT molecular complexity index is 510. The van der Waals surface area contributed by atoms with E-state index in [1.807, 2.05) is 17.0 Å². The van der Waals surface area contributed by atoms with Crippen LogP contribution in [0.25, 0.3) is 0 Å². The number of nitrogens with zero attached hydrogens (tertiary/aromatic N) is 2. The van der Waals surface area contributed by atoms with Gasteiger partial charge in [-0.2, -0.15) is 0 Å². The van der Waals surface area contributed by atoms with Gasteiger partial charge < -0.3 is 16.0 Å². The number of likely N-dealkylation sites (tertiary alicyclic amines) is 1. The van der Waals surface area contributed by atoms with Gasteiger partial charge in [-0.15, -0.1) is 24.0 Å². The average Bonchev–Trinajstić information content (AvgIpc) is 2.56. The van der Waals surface area contributed by atoms with Crippen LogP contribution in [-0.2, 0) is 11.2 Å². The first kappa shape index (κ1) is 19.7. The molecule has 23 heavy (non-hydrogen) atoms. The van der Waals surface area contributed by atoms with Crippen molar-refractivity contribution in [2.24, 2.45) is 10.7 Å². The van der Waals surface area contributed by atoms with E-state index in [0.29, 0.717) is 18.9 Å². The fraction of sp³-hybridized carbons (Fsp3) is 0.529. The Morgan fingerprint density at radius 3 is 2.48 bits per heavy atom. The number of aliphatic imine (C=N–C) groups is 1. The molecule has 0 aliphatic carbocycles. The lowest BCUT2D eigenvalue weighted by Gasteiger charge is -2.26. The van der Waals surface area contributed by atoms with Crippen LogP contribution in [0.15, 0.2) is 29.3 Å². The molecule has 2 rings (SSSR count). The van der Waals surface area contributed by atoms with E-state index < -0.39 is 0 Å². The maximum absolute atomic E-state index is 12.0. The van der Waals surface area contributed by atoms with Crippen LogP contribution in [0.1, 0.15) is 38.2 Å². The molecule has 0 spiro atoms. The van der Waals surface area contributed by atoms with Gasteiger partial charge in [-0.05, 0) is 43.4 Å². The molecule has 1 aliphatic heterocycles. The summed E-state index contributed by atoms with van der Waals surface area (Å²) in [4.78, 5) is 18.2. The van der Waals surface area contributed by atoms with Crippen LogP contribution in [0.4, 0.5) is 5.69 Å². The molecule has 1 fully saturated rings. The smallest absolute Gasteiger partial charge is 0.224 e. The number of nitrogens with two attached hydrogens (primary N) is 1. The van der Waals surface area contributed by atoms with Crippen molar-refractivity contribution in [3.8, 4) is 0 Å². The number of benzene rings is 1. The van der Waals surface area contributed by atoms with Crippen molar-refractivity contribution < 1.29 is 4.79 Å². The van der Waals surface area contributed by atoms with Gasteiger partial charge in [0.2, 0.25) is 5.91 Å². The molecule has 1 aromatic rings. The zero-order valence-electron chi connectivity index (χ0n) is 13.8. The molecule has 6 heteroatoms. The highest BCUT2D eigenvalue weighted by molar-refractivity contribution is 14.0. The number of guanidine groups is 1. The van der Waals surface area contributed by atoms with Crippen molar-refractivity contribution in [3.05, 3.63) is 29.8 Å². The van der Waals surface area contributed by atoms with E-state index in [1.54, 1.807) is 0 Å². The second kappa shape index (κ2) is 10.5. The predicted molar refractivity (Wildman–Crippen MR) is 106 cm³/mol. The van der Waals surface area contributed by atoms with E-state index in [2.05, 4.69) is 29.4 Å². The third kappa shape index (κ3) is 6.76. The molecule has 0 radical (unpaired) electrons. The van der Waals surface area contributed by atoms with Crippen molar-refractivity contribution in [3.63, 3.8) is 0 Å². The number of aryl methyl sites for hydroxylation is 1. The summed E-state index contributed by atoms with van der Waals surface area (Å²) >= 11 is 0. The quantitative estimate of drug-likeness (QED) is 0.429. The number of halogens is 1. The normalized spacial score (nSPS) is 15.0. The Hall–Kier alpha value is -1.31. The highest BCUT2D eigenvalue weighted by atomic mass is 127. The summed E-state index contributed by atoms with van der Waals surface area (Å²) in [5.41, 5.74) is 8.06. The number of carbonyl (C=O) groups excluding carboxylic acids is 1. The predicted octanol–water partition coefficient (Wildman–Crippen LogP) is 3.00. The van der Waals surface area contributed by atoms with Crippen molar-refractivity contribution in [1.82, 2.24) is 4.90 Å². The van der Waals surface area contributed by atoms with Gasteiger partial charge in [-0.1, -0.05) is 19.1 Å². The van der Waals surface area contributed by atoms with Gasteiger partial charge in [0.15, 0.2) is 5.96 Å². The van der Waals surface area contributed by atoms with Crippen LogP contribution in [0.2, 0.25) is 0 Å². The maximum atomic E-state index is 12.0. The van der Waals surface area contributed by atoms with E-state index in [-0.39, 0.29) is 29.9 Å². The van der Waals surface area contributed by atoms with Gasteiger partial charge in [-0.3, -0.25) is 9.79 Å². The summed E-state index contributed by atoms with van der Waals surface area (Å²) in [6.07, 6.45) is 4.91. The Kier molecular flexibility index (Phi) is 8.98. The average molecular weight is 430 g/mol. The molecule has 0 atom stereocenters. The first-order valence-corrected chi connectivity index (χ1v) is 8.12. The SMILES string of the molecule is CCc1ccc(NC(N)=NCCC(=O)N2CCCCC2)cc1.I. The Balaban J connectivity index is 0.00000264. The van der Waals surface area contributed by atoms with Gasteiger partial charge in [0.1, 0.15) is 0 Å². The molecule has 0 unspecified atom stereocenters. The van der Waals surface area contributed by atoms with Gasteiger partial charge in [0.05, 0.1) is 6.54 Å². The molecular formula is C17H27IN4O. The summed E-state index contributed by atoms with van der Waals surface area (Å²) in [6, 6.07) is 8.10. The van der Waals surface area contributed by atoms with Crippen LogP contribution >= 0.6 is 24.0 Å². The van der Waals surface area contributed by atoms with Crippen molar-refractivity contribution in [2.75, 3.05) is 25.0 Å². The van der Waals surface area contributed by atoms with Crippen molar-refractivity contribution in [1.29, 1.82) is 0 Å². The zero-order chi connectivity index (χ0) is 15.8. The third-order valence-electron chi connectivity index (χ3n) is 3.95. The highest BCUT2D eigenvalue weighted by Gasteiger charge is 2.15. The molecule has 0 aromatic heterocycles. The first-order valence-electron chi connectivity index (χ1n) is 8.12. The second-order valence-corrected chi connectivity index (χ2v) is 5.63.